The zero-order valence-corrected chi connectivity index (χ0v) is 17.4. The zero-order chi connectivity index (χ0) is 19.7. The number of piperidine rings is 1. The molecular weight excluding hydrogens is 354 g/mol. The van der Waals surface area contributed by atoms with Gasteiger partial charge in [0.1, 0.15) is 0 Å². The molecule has 3 fully saturated rings. The molecule has 0 aromatic heterocycles. The van der Waals surface area contributed by atoms with Crippen LogP contribution in [0.4, 0.5) is 0 Å². The Bertz CT molecular complexity index is 760. The second kappa shape index (κ2) is 6.07. The maximum atomic E-state index is 12.8. The first kappa shape index (κ1) is 18.7. The highest BCUT2D eigenvalue weighted by atomic mass is 16.5. The topological polar surface area (TPSA) is 64.6 Å². The van der Waals surface area contributed by atoms with Crippen LogP contribution in [0, 0.1) is 28.6 Å². The third kappa shape index (κ3) is 1.97. The quantitative estimate of drug-likeness (QED) is 0.592. The van der Waals surface area contributed by atoms with E-state index in [9.17, 15) is 9.59 Å². The summed E-state index contributed by atoms with van der Waals surface area (Å²) in [7, 11) is 1.53. The van der Waals surface area contributed by atoms with E-state index in [1.54, 1.807) is 11.1 Å². The molecule has 5 aliphatic rings. The van der Waals surface area contributed by atoms with Gasteiger partial charge in [0.25, 0.3) is 0 Å². The van der Waals surface area contributed by atoms with Crippen molar-refractivity contribution in [2.75, 3.05) is 20.3 Å². The van der Waals surface area contributed by atoms with E-state index in [2.05, 4.69) is 12.2 Å². The number of carbonyl (C=O) groups excluding carboxylic acids is 2. The van der Waals surface area contributed by atoms with Crippen LogP contribution in [-0.4, -0.2) is 37.7 Å². The van der Waals surface area contributed by atoms with Crippen molar-refractivity contribution in [2.45, 2.75) is 70.8 Å². The minimum atomic E-state index is -0.185. The molecule has 2 saturated carbocycles. The average Bonchev–Trinajstić information content (AvgIpc) is 3.28. The van der Waals surface area contributed by atoms with Crippen molar-refractivity contribution in [3.05, 3.63) is 11.1 Å². The summed E-state index contributed by atoms with van der Waals surface area (Å²) in [6.45, 7) is 5.33. The first-order valence-electron chi connectivity index (χ1n) is 11.1. The molecule has 0 aromatic rings. The maximum absolute atomic E-state index is 12.8. The number of nitrogens with one attached hydrogen (secondary N) is 1. The lowest BCUT2D eigenvalue weighted by Gasteiger charge is -2.60. The van der Waals surface area contributed by atoms with E-state index in [1.807, 2.05) is 0 Å². The normalized spacial score (nSPS) is 45.6. The van der Waals surface area contributed by atoms with E-state index in [4.69, 9.17) is 9.47 Å². The summed E-state index contributed by atoms with van der Waals surface area (Å²) in [5.74, 6) is 0.543. The summed E-state index contributed by atoms with van der Waals surface area (Å²) in [6.07, 6.45) is 8.65. The molecule has 0 amide bonds. The van der Waals surface area contributed by atoms with Crippen LogP contribution in [0.5, 0.6) is 0 Å². The van der Waals surface area contributed by atoms with Gasteiger partial charge in [0.2, 0.25) is 0 Å². The molecule has 1 aliphatic heterocycles. The molecule has 4 bridgehead atoms. The van der Waals surface area contributed by atoms with Crippen LogP contribution < -0.4 is 5.32 Å². The fourth-order valence-electron chi connectivity index (χ4n) is 8.58. The predicted molar refractivity (Wildman–Crippen MR) is 104 cm³/mol. The average molecular weight is 388 g/mol. The summed E-state index contributed by atoms with van der Waals surface area (Å²) in [4.78, 5) is 24.7. The molecule has 0 unspecified atom stereocenters. The first-order valence-corrected chi connectivity index (χ1v) is 11.1. The number of allylic oxidation sites excluding steroid dienone is 1. The van der Waals surface area contributed by atoms with Crippen LogP contribution in [-0.2, 0) is 19.1 Å². The van der Waals surface area contributed by atoms with Crippen molar-refractivity contribution >= 4 is 11.9 Å². The van der Waals surface area contributed by atoms with E-state index < -0.39 is 0 Å². The van der Waals surface area contributed by atoms with Gasteiger partial charge < -0.3 is 14.8 Å². The standard InChI is InChI=1S/C23H33NO4/c1-4-22-10-9-21(13-28-14(2)25)16(12-24-22)7-5-15-6-8-17-18(20(26)27-3)11-23(21,22)19(15)17/h16-18,24H,4-13H2,1-3H3/t16-,17-,18-,21-,22+,23-/m1/s1. The lowest BCUT2D eigenvalue weighted by Crippen LogP contribution is -2.67. The smallest absolute Gasteiger partial charge is 0.309 e. The predicted octanol–water partition coefficient (Wildman–Crippen LogP) is 3.38. The van der Waals surface area contributed by atoms with Crippen LogP contribution in [0.15, 0.2) is 11.1 Å². The molecule has 28 heavy (non-hydrogen) atoms. The molecule has 0 aromatic carbocycles. The number of hydrogen-bond acceptors (Lipinski definition) is 5. The minimum absolute atomic E-state index is 0.0138. The van der Waals surface area contributed by atoms with Crippen LogP contribution in [0.1, 0.15) is 65.2 Å². The highest BCUT2D eigenvalue weighted by Crippen LogP contribution is 2.78. The van der Waals surface area contributed by atoms with Gasteiger partial charge in [0.05, 0.1) is 19.6 Å². The number of rotatable bonds is 4. The largest absolute Gasteiger partial charge is 0.469 e. The molecular formula is C23H33NO4. The number of hydrogen-bond donors (Lipinski definition) is 1. The van der Waals surface area contributed by atoms with Gasteiger partial charge in [0, 0.05) is 23.3 Å². The third-order valence-corrected chi connectivity index (χ3v) is 9.55. The fraction of sp³-hybridized carbons (Fsp3) is 0.826. The van der Waals surface area contributed by atoms with Gasteiger partial charge in [-0.2, -0.15) is 0 Å². The van der Waals surface area contributed by atoms with Gasteiger partial charge in [-0.1, -0.05) is 18.1 Å². The van der Waals surface area contributed by atoms with Gasteiger partial charge in [-0.15, -0.1) is 0 Å². The van der Waals surface area contributed by atoms with Crippen molar-refractivity contribution in [3.63, 3.8) is 0 Å². The summed E-state index contributed by atoms with van der Waals surface area (Å²) in [6, 6.07) is 0. The Kier molecular flexibility index (Phi) is 4.04. The molecule has 5 nitrogen and oxygen atoms in total. The van der Waals surface area contributed by atoms with Crippen molar-refractivity contribution in [1.82, 2.24) is 5.32 Å². The van der Waals surface area contributed by atoms with E-state index >= 15 is 0 Å². The minimum Gasteiger partial charge on any atom is -0.469 e. The second-order valence-electron chi connectivity index (χ2n) is 9.89. The highest BCUT2D eigenvalue weighted by Gasteiger charge is 2.77. The van der Waals surface area contributed by atoms with Crippen molar-refractivity contribution < 1.29 is 19.1 Å². The van der Waals surface area contributed by atoms with Gasteiger partial charge in [0.15, 0.2) is 0 Å². The maximum Gasteiger partial charge on any atom is 0.309 e. The zero-order valence-electron chi connectivity index (χ0n) is 17.4. The second-order valence-corrected chi connectivity index (χ2v) is 9.89. The van der Waals surface area contributed by atoms with Gasteiger partial charge in [-0.3, -0.25) is 9.59 Å². The molecule has 5 rings (SSSR count). The highest BCUT2D eigenvalue weighted by molar-refractivity contribution is 5.75. The van der Waals surface area contributed by atoms with E-state index in [1.165, 1.54) is 20.5 Å². The number of carbonyl (C=O) groups is 2. The van der Waals surface area contributed by atoms with Gasteiger partial charge >= 0.3 is 11.9 Å². The fourth-order valence-corrected chi connectivity index (χ4v) is 8.58. The van der Waals surface area contributed by atoms with E-state index in [0.29, 0.717) is 18.4 Å². The van der Waals surface area contributed by atoms with Crippen molar-refractivity contribution in [3.8, 4) is 0 Å². The SMILES string of the molecule is CC[C@]12CC[C@@]3(COC(C)=O)[C@H](CCC4=C5[C@H](CC4)[C@H](C(=O)OC)C[C@]513)CN2. The van der Waals surface area contributed by atoms with Crippen LogP contribution >= 0.6 is 0 Å². The molecule has 6 atom stereocenters. The van der Waals surface area contributed by atoms with E-state index in [-0.39, 0.29) is 34.2 Å². The van der Waals surface area contributed by atoms with Crippen LogP contribution in [0.3, 0.4) is 0 Å². The van der Waals surface area contributed by atoms with Crippen molar-refractivity contribution in [1.29, 1.82) is 0 Å². The summed E-state index contributed by atoms with van der Waals surface area (Å²) >= 11 is 0. The monoisotopic (exact) mass is 387 g/mol. The van der Waals surface area contributed by atoms with Gasteiger partial charge in [-0.05, 0) is 69.7 Å². The number of esters is 2. The van der Waals surface area contributed by atoms with Gasteiger partial charge in [-0.25, -0.2) is 0 Å². The third-order valence-electron chi connectivity index (χ3n) is 9.55. The lowest BCUT2D eigenvalue weighted by atomic mass is 9.49. The Morgan fingerprint density at radius 2 is 2.00 bits per heavy atom. The van der Waals surface area contributed by atoms with Crippen molar-refractivity contribution in [2.24, 2.45) is 28.6 Å². The van der Waals surface area contributed by atoms with Crippen LogP contribution in [0.2, 0.25) is 0 Å². The summed E-state index contributed by atoms with van der Waals surface area (Å²) in [5, 5.41) is 4.01. The Morgan fingerprint density at radius 1 is 1.21 bits per heavy atom. The molecule has 0 radical (unpaired) electrons. The number of methoxy groups -OCH3 is 1. The van der Waals surface area contributed by atoms with E-state index in [0.717, 1.165) is 51.5 Å². The molecule has 154 valence electrons. The Balaban J connectivity index is 1.73. The first-order chi connectivity index (χ1) is 13.4. The summed E-state index contributed by atoms with van der Waals surface area (Å²) in [5.41, 5.74) is 3.11. The Morgan fingerprint density at radius 3 is 2.71 bits per heavy atom. The summed E-state index contributed by atoms with van der Waals surface area (Å²) < 4.78 is 11.1. The molecule has 1 heterocycles. The molecule has 1 N–H and O–H groups in total. The lowest BCUT2D eigenvalue weighted by molar-refractivity contribution is -0.157. The number of ether oxygens (including phenoxy) is 2. The molecule has 1 saturated heterocycles. The molecule has 5 heteroatoms. The van der Waals surface area contributed by atoms with Crippen LogP contribution in [0.25, 0.3) is 0 Å². The molecule has 1 spiro atoms. The Labute approximate surface area is 167 Å². The molecule has 4 aliphatic carbocycles. The Hall–Kier alpha value is -1.36.